The van der Waals surface area contributed by atoms with Crippen molar-refractivity contribution in [3.63, 3.8) is 0 Å². The number of benzene rings is 3. The summed E-state index contributed by atoms with van der Waals surface area (Å²) < 4.78 is 5.63. The Morgan fingerprint density at radius 2 is 1.27 bits per heavy atom. The van der Waals surface area contributed by atoms with Crippen molar-refractivity contribution in [2.24, 2.45) is 5.92 Å². The van der Waals surface area contributed by atoms with Gasteiger partial charge in [0.15, 0.2) is 0 Å². The number of hydrogen-bond acceptors (Lipinski definition) is 3. The van der Waals surface area contributed by atoms with Gasteiger partial charge in [0.1, 0.15) is 6.61 Å². The van der Waals surface area contributed by atoms with E-state index in [1.807, 2.05) is 49.4 Å². The van der Waals surface area contributed by atoms with Gasteiger partial charge in [-0.05, 0) is 30.5 Å². The van der Waals surface area contributed by atoms with Crippen LogP contribution < -0.4 is 0 Å². The summed E-state index contributed by atoms with van der Waals surface area (Å²) in [4.78, 5) is 15.2. The summed E-state index contributed by atoms with van der Waals surface area (Å²) in [6.07, 6.45) is 0. The molecule has 0 aliphatic heterocycles. The molecule has 30 heavy (non-hydrogen) atoms. The van der Waals surface area contributed by atoms with Crippen molar-refractivity contribution in [3.8, 4) is 0 Å². The molecule has 0 saturated heterocycles. The molecule has 0 radical (unpaired) electrons. The molecule has 0 heterocycles. The highest BCUT2D eigenvalue weighted by atomic mass is 16.5. The predicted molar refractivity (Wildman–Crippen MR) is 122 cm³/mol. The van der Waals surface area contributed by atoms with Gasteiger partial charge in [0, 0.05) is 18.6 Å². The molecule has 0 bridgehead atoms. The fourth-order valence-electron chi connectivity index (χ4n) is 3.70. The van der Waals surface area contributed by atoms with E-state index in [2.05, 4.69) is 67.3 Å². The summed E-state index contributed by atoms with van der Waals surface area (Å²) >= 11 is 0. The molecule has 0 saturated carbocycles. The highest BCUT2D eigenvalue weighted by molar-refractivity contribution is 5.72. The zero-order valence-corrected chi connectivity index (χ0v) is 18.1. The fourth-order valence-corrected chi connectivity index (χ4v) is 3.70. The van der Waals surface area contributed by atoms with Crippen molar-refractivity contribution < 1.29 is 9.53 Å². The second kappa shape index (κ2) is 10.7. The van der Waals surface area contributed by atoms with E-state index in [1.165, 1.54) is 11.1 Å². The van der Waals surface area contributed by atoms with Crippen molar-refractivity contribution >= 4 is 5.97 Å². The summed E-state index contributed by atoms with van der Waals surface area (Å²) in [7, 11) is 0. The van der Waals surface area contributed by atoms with E-state index in [1.54, 1.807) is 0 Å². The molecule has 0 aromatic heterocycles. The van der Waals surface area contributed by atoms with Crippen molar-refractivity contribution in [1.29, 1.82) is 0 Å². The largest absolute Gasteiger partial charge is 0.461 e. The molecule has 3 aromatic rings. The van der Waals surface area contributed by atoms with Crippen molar-refractivity contribution in [3.05, 3.63) is 108 Å². The number of carbonyl (C=O) groups excluding carboxylic acids is 1. The number of nitrogens with zero attached hydrogens (tertiary/aromatic N) is 1. The van der Waals surface area contributed by atoms with Gasteiger partial charge in [-0.2, -0.15) is 0 Å². The van der Waals surface area contributed by atoms with E-state index in [4.69, 9.17) is 4.74 Å². The third kappa shape index (κ3) is 5.80. The van der Waals surface area contributed by atoms with Crippen LogP contribution in [0.15, 0.2) is 91.0 Å². The Balaban J connectivity index is 1.74. The second-order valence-corrected chi connectivity index (χ2v) is 7.87. The number of ether oxygens (including phenoxy) is 1. The second-order valence-electron chi connectivity index (χ2n) is 7.87. The molecule has 0 unspecified atom stereocenters. The molecule has 0 amide bonds. The standard InChI is InChI=1S/C27H31NO2/c1-21(27(29)30-20-25-15-9-5-10-16-25)22(2)28(19-24-13-7-4-8-14-24)23(3)26-17-11-6-12-18-26/h4-18,21-23H,19-20H2,1-3H3/t21-,22+,23+/m0/s1. The molecular formula is C27H31NO2. The number of carbonyl (C=O) groups is 1. The average molecular weight is 402 g/mol. The van der Waals surface area contributed by atoms with Gasteiger partial charge in [-0.15, -0.1) is 0 Å². The van der Waals surface area contributed by atoms with Gasteiger partial charge in [-0.1, -0.05) is 97.9 Å². The zero-order chi connectivity index (χ0) is 21.3. The smallest absolute Gasteiger partial charge is 0.310 e. The van der Waals surface area contributed by atoms with Crippen LogP contribution >= 0.6 is 0 Å². The lowest BCUT2D eigenvalue weighted by Crippen LogP contribution is -2.42. The first-order valence-electron chi connectivity index (χ1n) is 10.6. The highest BCUT2D eigenvalue weighted by Crippen LogP contribution is 2.28. The molecule has 3 nitrogen and oxygen atoms in total. The normalized spacial score (nSPS) is 14.1. The van der Waals surface area contributed by atoms with Crippen LogP contribution in [-0.4, -0.2) is 16.9 Å². The van der Waals surface area contributed by atoms with Gasteiger partial charge >= 0.3 is 5.97 Å². The maximum absolute atomic E-state index is 12.8. The Morgan fingerprint density at radius 3 is 1.83 bits per heavy atom. The Morgan fingerprint density at radius 1 is 0.767 bits per heavy atom. The van der Waals surface area contributed by atoms with E-state index in [9.17, 15) is 4.79 Å². The van der Waals surface area contributed by atoms with Crippen LogP contribution in [0.4, 0.5) is 0 Å². The van der Waals surface area contributed by atoms with Gasteiger partial charge in [-0.25, -0.2) is 0 Å². The van der Waals surface area contributed by atoms with Crippen molar-refractivity contribution in [2.45, 2.75) is 46.0 Å². The van der Waals surface area contributed by atoms with Gasteiger partial charge < -0.3 is 4.74 Å². The molecule has 3 aromatic carbocycles. The van der Waals surface area contributed by atoms with Crippen LogP contribution in [0.2, 0.25) is 0 Å². The monoisotopic (exact) mass is 401 g/mol. The lowest BCUT2D eigenvalue weighted by molar-refractivity contribution is -0.152. The average Bonchev–Trinajstić information content (AvgIpc) is 2.81. The Kier molecular flexibility index (Phi) is 7.81. The molecule has 0 aliphatic carbocycles. The molecule has 156 valence electrons. The number of rotatable bonds is 9. The first-order valence-corrected chi connectivity index (χ1v) is 10.6. The first kappa shape index (κ1) is 21.8. The van der Waals surface area contributed by atoms with E-state index in [0.29, 0.717) is 6.61 Å². The Hall–Kier alpha value is -2.91. The third-order valence-corrected chi connectivity index (χ3v) is 5.83. The van der Waals surface area contributed by atoms with Crippen LogP contribution in [-0.2, 0) is 22.7 Å². The maximum atomic E-state index is 12.8. The topological polar surface area (TPSA) is 29.5 Å². The van der Waals surface area contributed by atoms with Gasteiger partial charge in [0.05, 0.1) is 5.92 Å². The molecule has 0 spiro atoms. The first-order chi connectivity index (χ1) is 14.6. The fraction of sp³-hybridized carbons (Fsp3) is 0.296. The summed E-state index contributed by atoms with van der Waals surface area (Å²) in [6.45, 7) is 7.37. The molecule has 3 heteroatoms. The van der Waals surface area contributed by atoms with Crippen molar-refractivity contribution in [2.75, 3.05) is 0 Å². The molecule has 0 fully saturated rings. The van der Waals surface area contributed by atoms with Crippen LogP contribution in [0.3, 0.4) is 0 Å². The summed E-state index contributed by atoms with van der Waals surface area (Å²) in [6, 6.07) is 30.9. The lowest BCUT2D eigenvalue weighted by Gasteiger charge is -2.37. The minimum atomic E-state index is -0.247. The van der Waals surface area contributed by atoms with E-state index in [0.717, 1.165) is 12.1 Å². The Labute approximate surface area is 180 Å². The quantitative estimate of drug-likeness (QED) is 0.411. The molecule has 0 aliphatic rings. The van der Waals surface area contributed by atoms with Crippen LogP contribution in [0.25, 0.3) is 0 Å². The van der Waals surface area contributed by atoms with Gasteiger partial charge in [-0.3, -0.25) is 9.69 Å². The van der Waals surface area contributed by atoms with Crippen LogP contribution in [0, 0.1) is 5.92 Å². The molecule has 3 rings (SSSR count). The van der Waals surface area contributed by atoms with E-state index >= 15 is 0 Å². The van der Waals surface area contributed by atoms with E-state index < -0.39 is 0 Å². The van der Waals surface area contributed by atoms with Crippen LogP contribution in [0.5, 0.6) is 0 Å². The number of hydrogen-bond donors (Lipinski definition) is 0. The highest BCUT2D eigenvalue weighted by Gasteiger charge is 2.30. The minimum absolute atomic E-state index is 0.0173. The molecule has 3 atom stereocenters. The van der Waals surface area contributed by atoms with Gasteiger partial charge in [0.25, 0.3) is 0 Å². The molecular weight excluding hydrogens is 370 g/mol. The third-order valence-electron chi connectivity index (χ3n) is 5.83. The zero-order valence-electron chi connectivity index (χ0n) is 18.1. The van der Waals surface area contributed by atoms with Crippen molar-refractivity contribution in [1.82, 2.24) is 4.90 Å². The maximum Gasteiger partial charge on any atom is 0.310 e. The summed E-state index contributed by atoms with van der Waals surface area (Å²) in [5.74, 6) is -0.409. The lowest BCUT2D eigenvalue weighted by atomic mass is 9.97. The predicted octanol–water partition coefficient (Wildman–Crippen LogP) is 6.02. The summed E-state index contributed by atoms with van der Waals surface area (Å²) in [5.41, 5.74) is 3.48. The van der Waals surface area contributed by atoms with Crippen LogP contribution in [0.1, 0.15) is 43.5 Å². The molecule has 0 N–H and O–H groups in total. The summed E-state index contributed by atoms with van der Waals surface area (Å²) in [5, 5.41) is 0. The minimum Gasteiger partial charge on any atom is -0.461 e. The van der Waals surface area contributed by atoms with E-state index in [-0.39, 0.29) is 24.0 Å². The SMILES string of the molecule is C[C@H](C(=O)OCc1ccccc1)[C@@H](C)N(Cc1ccccc1)[C@H](C)c1ccccc1. The Bertz CT molecular complexity index is 896. The number of esters is 1. The van der Waals surface area contributed by atoms with Gasteiger partial charge in [0.2, 0.25) is 0 Å².